The molecule has 1 amide bonds. The van der Waals surface area contributed by atoms with Crippen molar-refractivity contribution >= 4 is 22.8 Å². The van der Waals surface area contributed by atoms with Gasteiger partial charge in [0.25, 0.3) is 5.91 Å². The molecule has 1 N–H and O–H groups in total. The number of anilines is 1. The minimum atomic E-state index is -0.267. The van der Waals surface area contributed by atoms with Gasteiger partial charge in [0.05, 0.1) is 24.6 Å². The SMILES string of the molecule is COc1ccccc1C(=O)Nc1cnc2c(c1)nc(-c1cccnc1)n2C. The Hall–Kier alpha value is -3.74. The molecule has 7 heteroatoms. The molecule has 0 aliphatic heterocycles. The minimum Gasteiger partial charge on any atom is -0.496 e. The molecule has 0 saturated carbocycles. The summed E-state index contributed by atoms with van der Waals surface area (Å²) in [5.41, 5.74) is 3.34. The van der Waals surface area contributed by atoms with Gasteiger partial charge in [-0.05, 0) is 30.3 Å². The molecule has 0 atom stereocenters. The van der Waals surface area contributed by atoms with Crippen LogP contribution in [-0.2, 0) is 7.05 Å². The van der Waals surface area contributed by atoms with Gasteiger partial charge >= 0.3 is 0 Å². The van der Waals surface area contributed by atoms with Gasteiger partial charge in [-0.15, -0.1) is 0 Å². The zero-order chi connectivity index (χ0) is 18.8. The quantitative estimate of drug-likeness (QED) is 0.605. The third-order valence-corrected chi connectivity index (χ3v) is 4.24. The molecule has 3 aromatic heterocycles. The second-order valence-electron chi connectivity index (χ2n) is 5.96. The monoisotopic (exact) mass is 359 g/mol. The van der Waals surface area contributed by atoms with E-state index in [-0.39, 0.29) is 5.91 Å². The minimum absolute atomic E-state index is 0.267. The van der Waals surface area contributed by atoms with Crippen LogP contribution in [0.1, 0.15) is 10.4 Å². The van der Waals surface area contributed by atoms with Gasteiger partial charge in [0.1, 0.15) is 17.1 Å². The highest BCUT2D eigenvalue weighted by Crippen LogP contribution is 2.24. The Morgan fingerprint density at radius 1 is 1.15 bits per heavy atom. The number of rotatable bonds is 4. The second kappa shape index (κ2) is 6.87. The molecule has 4 rings (SSSR count). The molecule has 27 heavy (non-hydrogen) atoms. The van der Waals surface area contributed by atoms with E-state index in [9.17, 15) is 4.79 Å². The molecule has 1 aromatic carbocycles. The summed E-state index contributed by atoms with van der Waals surface area (Å²) in [7, 11) is 3.44. The maximum Gasteiger partial charge on any atom is 0.259 e. The highest BCUT2D eigenvalue weighted by Gasteiger charge is 2.15. The molecule has 0 fully saturated rings. The number of hydrogen-bond donors (Lipinski definition) is 1. The number of nitrogens with one attached hydrogen (secondary N) is 1. The number of amides is 1. The van der Waals surface area contributed by atoms with Crippen LogP contribution in [0.3, 0.4) is 0 Å². The fourth-order valence-corrected chi connectivity index (χ4v) is 2.93. The van der Waals surface area contributed by atoms with Gasteiger partial charge in [-0.1, -0.05) is 12.1 Å². The molecule has 0 saturated heterocycles. The number of ether oxygens (including phenoxy) is 1. The summed E-state index contributed by atoms with van der Waals surface area (Å²) in [5.74, 6) is 1.01. The number of imidazole rings is 1. The van der Waals surface area contributed by atoms with E-state index in [1.165, 1.54) is 7.11 Å². The van der Waals surface area contributed by atoms with Crippen molar-refractivity contribution in [3.8, 4) is 17.1 Å². The Labute approximate surface area is 155 Å². The first kappa shape index (κ1) is 16.7. The lowest BCUT2D eigenvalue weighted by Crippen LogP contribution is -2.13. The lowest BCUT2D eigenvalue weighted by atomic mass is 10.2. The number of methoxy groups -OCH3 is 1. The molecular formula is C20H17N5O2. The average molecular weight is 359 g/mol. The molecule has 0 bridgehead atoms. The molecule has 7 nitrogen and oxygen atoms in total. The van der Waals surface area contributed by atoms with Crippen LogP contribution >= 0.6 is 0 Å². The maximum absolute atomic E-state index is 12.6. The van der Waals surface area contributed by atoms with E-state index in [4.69, 9.17) is 4.74 Å². The summed E-state index contributed by atoms with van der Waals surface area (Å²) in [4.78, 5) is 25.8. The van der Waals surface area contributed by atoms with Crippen molar-refractivity contribution in [1.29, 1.82) is 0 Å². The first-order valence-corrected chi connectivity index (χ1v) is 8.34. The molecule has 4 aromatic rings. The Morgan fingerprint density at radius 3 is 2.78 bits per heavy atom. The van der Waals surface area contributed by atoms with Gasteiger partial charge in [-0.3, -0.25) is 9.78 Å². The van der Waals surface area contributed by atoms with Crippen molar-refractivity contribution in [1.82, 2.24) is 19.5 Å². The van der Waals surface area contributed by atoms with E-state index < -0.39 is 0 Å². The van der Waals surface area contributed by atoms with Crippen LogP contribution in [-0.4, -0.2) is 32.5 Å². The third kappa shape index (κ3) is 3.10. The second-order valence-corrected chi connectivity index (χ2v) is 5.96. The van der Waals surface area contributed by atoms with Crippen molar-refractivity contribution < 1.29 is 9.53 Å². The molecule has 0 aliphatic rings. The highest BCUT2D eigenvalue weighted by atomic mass is 16.5. The van der Waals surface area contributed by atoms with Crippen LogP contribution in [0.25, 0.3) is 22.6 Å². The number of carbonyl (C=O) groups excluding carboxylic acids is 1. The summed E-state index contributed by atoms with van der Waals surface area (Å²) in [6.45, 7) is 0. The number of aryl methyl sites for hydroxylation is 1. The zero-order valence-electron chi connectivity index (χ0n) is 14.9. The lowest BCUT2D eigenvalue weighted by Gasteiger charge is -2.08. The van der Waals surface area contributed by atoms with Crippen LogP contribution in [0.4, 0.5) is 5.69 Å². The number of para-hydroxylation sites is 1. The Bertz CT molecular complexity index is 1120. The van der Waals surface area contributed by atoms with Crippen molar-refractivity contribution in [2.75, 3.05) is 12.4 Å². The maximum atomic E-state index is 12.6. The summed E-state index contributed by atoms with van der Waals surface area (Å²) in [6, 6.07) is 12.7. The van der Waals surface area contributed by atoms with E-state index in [0.717, 1.165) is 17.0 Å². The van der Waals surface area contributed by atoms with Crippen LogP contribution in [0.15, 0.2) is 61.1 Å². The number of carbonyl (C=O) groups is 1. The highest BCUT2D eigenvalue weighted by molar-refractivity contribution is 6.06. The molecule has 134 valence electrons. The standard InChI is InChI=1S/C20H17N5O2/c1-25-18(13-6-5-9-21-11-13)24-16-10-14(12-22-19(16)25)23-20(26)15-7-3-4-8-17(15)27-2/h3-12H,1-2H3,(H,23,26). The van der Waals surface area contributed by atoms with Gasteiger partial charge in [-0.2, -0.15) is 0 Å². The Kier molecular flexibility index (Phi) is 4.25. The van der Waals surface area contributed by atoms with Crippen molar-refractivity contribution in [3.05, 3.63) is 66.6 Å². The smallest absolute Gasteiger partial charge is 0.259 e. The molecule has 0 aliphatic carbocycles. The number of nitrogens with zero attached hydrogens (tertiary/aromatic N) is 4. The van der Waals surface area contributed by atoms with Gasteiger partial charge in [0, 0.05) is 25.0 Å². The summed E-state index contributed by atoms with van der Waals surface area (Å²) in [6.07, 6.45) is 5.09. The Morgan fingerprint density at radius 2 is 2.00 bits per heavy atom. The number of aromatic nitrogens is 4. The fraction of sp³-hybridized carbons (Fsp3) is 0.100. The molecule has 0 spiro atoms. The lowest BCUT2D eigenvalue weighted by molar-refractivity contribution is 0.102. The van der Waals surface area contributed by atoms with Gasteiger partial charge < -0.3 is 14.6 Å². The largest absolute Gasteiger partial charge is 0.496 e. The summed E-state index contributed by atoms with van der Waals surface area (Å²) in [5, 5.41) is 2.85. The van der Waals surface area contributed by atoms with E-state index >= 15 is 0 Å². The molecular weight excluding hydrogens is 342 g/mol. The van der Waals surface area contributed by atoms with Gasteiger partial charge in [0.15, 0.2) is 5.65 Å². The van der Waals surface area contributed by atoms with Crippen LogP contribution in [0.5, 0.6) is 5.75 Å². The van der Waals surface area contributed by atoms with Crippen LogP contribution < -0.4 is 10.1 Å². The number of hydrogen-bond acceptors (Lipinski definition) is 5. The summed E-state index contributed by atoms with van der Waals surface area (Å²) < 4.78 is 7.15. The Balaban J connectivity index is 1.67. The van der Waals surface area contributed by atoms with Gasteiger partial charge in [-0.25, -0.2) is 9.97 Å². The zero-order valence-corrected chi connectivity index (χ0v) is 14.9. The van der Waals surface area contributed by atoms with E-state index in [1.807, 2.05) is 29.8 Å². The first-order valence-electron chi connectivity index (χ1n) is 8.34. The van der Waals surface area contributed by atoms with Crippen molar-refractivity contribution in [3.63, 3.8) is 0 Å². The third-order valence-electron chi connectivity index (χ3n) is 4.24. The topological polar surface area (TPSA) is 81.9 Å². The molecule has 0 unspecified atom stereocenters. The predicted octanol–water partition coefficient (Wildman–Crippen LogP) is 3.29. The predicted molar refractivity (Wildman–Crippen MR) is 103 cm³/mol. The fourth-order valence-electron chi connectivity index (χ4n) is 2.93. The van der Waals surface area contributed by atoms with Crippen molar-refractivity contribution in [2.24, 2.45) is 7.05 Å². The average Bonchev–Trinajstić information content (AvgIpc) is 3.04. The number of benzene rings is 1. The van der Waals surface area contributed by atoms with E-state index in [1.54, 1.807) is 42.9 Å². The molecule has 3 heterocycles. The van der Waals surface area contributed by atoms with Crippen molar-refractivity contribution in [2.45, 2.75) is 0 Å². The number of pyridine rings is 2. The van der Waals surface area contributed by atoms with Crippen LogP contribution in [0.2, 0.25) is 0 Å². The summed E-state index contributed by atoms with van der Waals surface area (Å²) >= 11 is 0. The molecule has 0 radical (unpaired) electrons. The van der Waals surface area contributed by atoms with Gasteiger partial charge in [0.2, 0.25) is 0 Å². The van der Waals surface area contributed by atoms with Crippen LogP contribution in [0, 0.1) is 0 Å². The number of fused-ring (bicyclic) bond motifs is 1. The normalized spacial score (nSPS) is 10.7. The first-order chi connectivity index (χ1) is 13.2. The van der Waals surface area contributed by atoms with E-state index in [0.29, 0.717) is 22.5 Å². The van der Waals surface area contributed by atoms with E-state index in [2.05, 4.69) is 20.3 Å².